The molecule has 0 rings (SSSR count). The van der Waals surface area contributed by atoms with Gasteiger partial charge in [0, 0.05) is 4.91 Å². The van der Waals surface area contributed by atoms with Crippen LogP contribution in [0.2, 0.25) is 0 Å². The van der Waals surface area contributed by atoms with E-state index in [1.807, 2.05) is 0 Å². The van der Waals surface area contributed by atoms with Gasteiger partial charge in [0.25, 0.3) is 0 Å². The summed E-state index contributed by atoms with van der Waals surface area (Å²) in [5.74, 6) is -1.27. The molecule has 0 heterocycles. The zero-order chi connectivity index (χ0) is 13.7. The van der Waals surface area contributed by atoms with E-state index in [2.05, 4.69) is 10.0 Å². The second-order valence-corrected chi connectivity index (χ2v) is 4.86. The first-order valence-electron chi connectivity index (χ1n) is 5.50. The predicted octanol–water partition coefficient (Wildman–Crippen LogP) is 2.77. The highest BCUT2D eigenvalue weighted by Crippen LogP contribution is 2.25. The van der Waals surface area contributed by atoms with Crippen LogP contribution in [0.15, 0.2) is 5.11 Å². The van der Waals surface area contributed by atoms with Gasteiger partial charge >= 0.3 is 5.97 Å². The molecule has 17 heavy (non-hydrogen) atoms. The Morgan fingerprint density at radius 3 is 2.18 bits per heavy atom. The van der Waals surface area contributed by atoms with Crippen LogP contribution < -0.4 is 0 Å². The van der Waals surface area contributed by atoms with Gasteiger partial charge in [0.2, 0.25) is 5.54 Å². The molecule has 96 valence electrons. The zero-order valence-electron chi connectivity index (χ0n) is 11.0. The number of carbonyl (C=O) groups is 2. The highest BCUT2D eigenvalue weighted by Gasteiger charge is 2.44. The summed E-state index contributed by atoms with van der Waals surface area (Å²) in [6.07, 6.45) is 0.694. The van der Waals surface area contributed by atoms with Gasteiger partial charge in [0.1, 0.15) is 5.60 Å². The van der Waals surface area contributed by atoms with E-state index in [1.54, 1.807) is 27.7 Å². The molecule has 0 radical (unpaired) electrons. The van der Waals surface area contributed by atoms with Crippen LogP contribution in [0, 0.1) is 0 Å². The van der Waals surface area contributed by atoms with E-state index in [4.69, 9.17) is 10.3 Å². The monoisotopic (exact) mass is 241 g/mol. The van der Waals surface area contributed by atoms with Gasteiger partial charge in [-0.15, -0.1) is 0 Å². The molecule has 0 N–H and O–H groups in total. The van der Waals surface area contributed by atoms with Crippen LogP contribution in [-0.4, -0.2) is 22.9 Å². The number of carbonyl (C=O) groups excluding carboxylic acids is 2. The SMILES string of the molecule is CCCC(N=[N+]=[N-])(C(C)=O)C(=O)OC(C)(C)C. The van der Waals surface area contributed by atoms with E-state index in [1.165, 1.54) is 6.92 Å². The molecule has 0 aromatic carbocycles. The van der Waals surface area contributed by atoms with Gasteiger partial charge < -0.3 is 4.74 Å². The molecule has 0 spiro atoms. The second kappa shape index (κ2) is 5.68. The zero-order valence-corrected chi connectivity index (χ0v) is 11.0. The molecule has 1 unspecified atom stereocenters. The predicted molar refractivity (Wildman–Crippen MR) is 63.3 cm³/mol. The first kappa shape index (κ1) is 15.4. The van der Waals surface area contributed by atoms with Crippen molar-refractivity contribution in [3.8, 4) is 0 Å². The van der Waals surface area contributed by atoms with Crippen molar-refractivity contribution in [1.29, 1.82) is 0 Å². The smallest absolute Gasteiger partial charge is 0.326 e. The third-order valence-electron chi connectivity index (χ3n) is 2.15. The third kappa shape index (κ3) is 4.07. The molecule has 0 aliphatic rings. The first-order valence-corrected chi connectivity index (χ1v) is 5.50. The molecule has 0 aromatic rings. The minimum atomic E-state index is -1.73. The Morgan fingerprint density at radius 2 is 1.88 bits per heavy atom. The van der Waals surface area contributed by atoms with Crippen LogP contribution in [-0.2, 0) is 14.3 Å². The molecular weight excluding hydrogens is 222 g/mol. The van der Waals surface area contributed by atoms with Crippen LogP contribution in [0.4, 0.5) is 0 Å². The number of hydrogen-bond acceptors (Lipinski definition) is 4. The molecule has 0 saturated heterocycles. The molecule has 0 aromatic heterocycles. The minimum Gasteiger partial charge on any atom is -0.459 e. The summed E-state index contributed by atoms with van der Waals surface area (Å²) in [5, 5.41) is 3.39. The van der Waals surface area contributed by atoms with Gasteiger partial charge in [0.15, 0.2) is 5.78 Å². The van der Waals surface area contributed by atoms with E-state index in [9.17, 15) is 9.59 Å². The van der Waals surface area contributed by atoms with Crippen LogP contribution in [0.5, 0.6) is 0 Å². The normalized spacial score (nSPS) is 14.4. The maximum absolute atomic E-state index is 12.0. The Hall–Kier alpha value is -1.55. The molecule has 0 saturated carbocycles. The van der Waals surface area contributed by atoms with Crippen LogP contribution in [0.25, 0.3) is 10.4 Å². The number of esters is 1. The topological polar surface area (TPSA) is 92.1 Å². The van der Waals surface area contributed by atoms with Crippen LogP contribution in [0.1, 0.15) is 47.5 Å². The third-order valence-corrected chi connectivity index (χ3v) is 2.15. The molecule has 1 atom stereocenters. The van der Waals surface area contributed by atoms with Gasteiger partial charge in [0.05, 0.1) is 0 Å². The van der Waals surface area contributed by atoms with Gasteiger partial charge in [-0.3, -0.25) is 9.59 Å². The number of nitrogens with zero attached hydrogens (tertiary/aromatic N) is 3. The first-order chi connectivity index (χ1) is 7.69. The lowest BCUT2D eigenvalue weighted by atomic mass is 9.90. The highest BCUT2D eigenvalue weighted by molar-refractivity contribution is 6.07. The quantitative estimate of drug-likeness (QED) is 0.243. The number of hydrogen-bond donors (Lipinski definition) is 0. The minimum absolute atomic E-state index is 0.154. The van der Waals surface area contributed by atoms with Crippen molar-refractivity contribution in [3.05, 3.63) is 10.4 Å². The van der Waals surface area contributed by atoms with E-state index in [-0.39, 0.29) is 6.42 Å². The summed E-state index contributed by atoms with van der Waals surface area (Å²) in [4.78, 5) is 26.2. The van der Waals surface area contributed by atoms with Crippen molar-refractivity contribution < 1.29 is 14.3 Å². The van der Waals surface area contributed by atoms with Gasteiger partial charge in [-0.05, 0) is 39.6 Å². The molecule has 6 nitrogen and oxygen atoms in total. The molecule has 0 bridgehead atoms. The summed E-state index contributed by atoms with van der Waals surface area (Å²) in [5.41, 5.74) is 6.07. The maximum atomic E-state index is 12.0. The summed E-state index contributed by atoms with van der Waals surface area (Å²) < 4.78 is 5.14. The standard InChI is InChI=1S/C11H19N3O3/c1-6-7-11(8(2)15,13-14-12)9(16)17-10(3,4)5/h6-7H2,1-5H3. The number of Topliss-reactive ketones (excluding diaryl/α,β-unsaturated/α-hetero) is 1. The fourth-order valence-electron chi connectivity index (χ4n) is 1.38. The summed E-state index contributed by atoms with van der Waals surface area (Å²) in [6.45, 7) is 8.11. The van der Waals surface area contributed by atoms with Crippen molar-refractivity contribution in [2.75, 3.05) is 0 Å². The molecule has 0 aliphatic carbocycles. The fourth-order valence-corrected chi connectivity index (χ4v) is 1.38. The van der Waals surface area contributed by atoms with Crippen molar-refractivity contribution in [2.45, 2.75) is 58.6 Å². The van der Waals surface area contributed by atoms with Crippen molar-refractivity contribution in [1.82, 2.24) is 0 Å². The average molecular weight is 241 g/mol. The second-order valence-electron chi connectivity index (χ2n) is 4.86. The Balaban J connectivity index is 5.36. The van der Waals surface area contributed by atoms with E-state index in [0.29, 0.717) is 6.42 Å². The number of azide groups is 1. The fraction of sp³-hybridized carbons (Fsp3) is 0.818. The number of ether oxygens (including phenoxy) is 1. The lowest BCUT2D eigenvalue weighted by Crippen LogP contribution is -2.47. The summed E-state index contributed by atoms with van der Waals surface area (Å²) in [6, 6.07) is 0. The Bertz CT molecular complexity index is 349. The van der Waals surface area contributed by atoms with Crippen LogP contribution >= 0.6 is 0 Å². The number of ketones is 1. The van der Waals surface area contributed by atoms with Gasteiger partial charge in [-0.2, -0.15) is 0 Å². The van der Waals surface area contributed by atoms with Crippen molar-refractivity contribution >= 4 is 11.8 Å². The highest BCUT2D eigenvalue weighted by atomic mass is 16.6. The molecule has 0 amide bonds. The Kier molecular flexibility index (Phi) is 5.16. The maximum Gasteiger partial charge on any atom is 0.326 e. The van der Waals surface area contributed by atoms with Crippen molar-refractivity contribution in [3.63, 3.8) is 0 Å². The molecular formula is C11H19N3O3. The van der Waals surface area contributed by atoms with E-state index in [0.717, 1.165) is 0 Å². The van der Waals surface area contributed by atoms with E-state index >= 15 is 0 Å². The van der Waals surface area contributed by atoms with Crippen molar-refractivity contribution in [2.24, 2.45) is 5.11 Å². The number of rotatable bonds is 5. The largest absolute Gasteiger partial charge is 0.459 e. The average Bonchev–Trinajstić information content (AvgIpc) is 2.13. The summed E-state index contributed by atoms with van der Waals surface area (Å²) >= 11 is 0. The molecule has 0 fully saturated rings. The molecule has 6 heteroatoms. The lowest BCUT2D eigenvalue weighted by Gasteiger charge is -2.28. The Labute approximate surface area is 101 Å². The van der Waals surface area contributed by atoms with Gasteiger partial charge in [-0.1, -0.05) is 18.5 Å². The molecule has 0 aliphatic heterocycles. The van der Waals surface area contributed by atoms with Gasteiger partial charge in [-0.25, -0.2) is 0 Å². The van der Waals surface area contributed by atoms with E-state index < -0.39 is 22.9 Å². The van der Waals surface area contributed by atoms with Crippen LogP contribution in [0.3, 0.4) is 0 Å². The summed E-state index contributed by atoms with van der Waals surface area (Å²) in [7, 11) is 0. The Morgan fingerprint density at radius 1 is 1.35 bits per heavy atom. The lowest BCUT2D eigenvalue weighted by molar-refractivity contribution is -0.163.